The first kappa shape index (κ1) is 15.7. The predicted molar refractivity (Wildman–Crippen MR) is 69.8 cm³/mol. The summed E-state index contributed by atoms with van der Waals surface area (Å²) < 4.78 is 35.1. The van der Waals surface area contributed by atoms with Crippen molar-refractivity contribution < 1.29 is 23.0 Å². The Kier molecular flexibility index (Phi) is 5.51. The van der Waals surface area contributed by atoms with E-state index in [0.717, 1.165) is 6.07 Å². The summed E-state index contributed by atoms with van der Waals surface area (Å²) in [5.74, 6) is -0.877. The lowest BCUT2D eigenvalue weighted by atomic mass is 10.3. The van der Waals surface area contributed by atoms with Crippen molar-refractivity contribution in [1.29, 1.82) is 0 Å². The molecule has 0 amide bonds. The van der Waals surface area contributed by atoms with E-state index in [1.165, 1.54) is 31.8 Å². The van der Waals surface area contributed by atoms with Crippen molar-refractivity contribution in [2.45, 2.75) is 19.9 Å². The number of ether oxygens (including phenoxy) is 1. The van der Waals surface area contributed by atoms with Gasteiger partial charge in [0.15, 0.2) is 0 Å². The molecule has 1 aromatic rings. The van der Waals surface area contributed by atoms with E-state index in [-0.39, 0.29) is 12.4 Å². The van der Waals surface area contributed by atoms with Crippen molar-refractivity contribution in [3.8, 4) is 5.75 Å². The average molecular weight is 289 g/mol. The SMILES string of the molecule is CCOC(=O)[C@H](C)NP(C)(=O)Oc1cccc(F)c1. The molecule has 1 rings (SSSR count). The van der Waals surface area contributed by atoms with E-state index in [4.69, 9.17) is 9.26 Å². The molecular weight excluding hydrogens is 272 g/mol. The first-order valence-corrected chi connectivity index (χ1v) is 7.88. The van der Waals surface area contributed by atoms with Crippen LogP contribution in [0.3, 0.4) is 0 Å². The van der Waals surface area contributed by atoms with Crippen LogP contribution in [0.5, 0.6) is 5.75 Å². The molecular formula is C12H17FNO4P. The summed E-state index contributed by atoms with van der Waals surface area (Å²) in [4.78, 5) is 11.4. The highest BCUT2D eigenvalue weighted by Gasteiger charge is 2.25. The van der Waals surface area contributed by atoms with Crippen LogP contribution in [0.25, 0.3) is 0 Å². The van der Waals surface area contributed by atoms with E-state index in [1.807, 2.05) is 0 Å². The Morgan fingerprint density at radius 3 is 2.79 bits per heavy atom. The summed E-state index contributed by atoms with van der Waals surface area (Å²) in [6.45, 7) is 4.75. The summed E-state index contributed by atoms with van der Waals surface area (Å²) >= 11 is 0. The van der Waals surface area contributed by atoms with Crippen LogP contribution < -0.4 is 9.61 Å². The van der Waals surface area contributed by atoms with Crippen LogP contribution in [0.4, 0.5) is 4.39 Å². The van der Waals surface area contributed by atoms with Crippen LogP contribution in [-0.2, 0) is 14.1 Å². The normalized spacial score (nSPS) is 15.4. The lowest BCUT2D eigenvalue weighted by Crippen LogP contribution is -2.34. The molecule has 0 heterocycles. The van der Waals surface area contributed by atoms with Crippen LogP contribution in [-0.4, -0.2) is 25.3 Å². The predicted octanol–water partition coefficient (Wildman–Crippen LogP) is 2.57. The third kappa shape index (κ3) is 5.41. The molecule has 0 bridgehead atoms. The van der Waals surface area contributed by atoms with E-state index in [2.05, 4.69) is 5.09 Å². The first-order valence-electron chi connectivity index (χ1n) is 5.81. The van der Waals surface area contributed by atoms with Crippen LogP contribution in [0, 0.1) is 5.82 Å². The Morgan fingerprint density at radius 1 is 1.53 bits per heavy atom. The molecule has 0 fully saturated rings. The van der Waals surface area contributed by atoms with Gasteiger partial charge in [0.2, 0.25) is 0 Å². The maximum absolute atomic E-state index is 13.0. The van der Waals surface area contributed by atoms with Crippen LogP contribution in [0.1, 0.15) is 13.8 Å². The molecule has 0 aliphatic heterocycles. The van der Waals surface area contributed by atoms with E-state index in [9.17, 15) is 13.8 Å². The molecule has 1 aromatic carbocycles. The fraction of sp³-hybridized carbons (Fsp3) is 0.417. The van der Waals surface area contributed by atoms with Crippen LogP contribution >= 0.6 is 7.52 Å². The molecule has 5 nitrogen and oxygen atoms in total. The molecule has 0 aliphatic carbocycles. The van der Waals surface area contributed by atoms with E-state index >= 15 is 0 Å². The maximum Gasteiger partial charge on any atom is 0.323 e. The van der Waals surface area contributed by atoms with Crippen molar-refractivity contribution in [2.75, 3.05) is 13.3 Å². The number of esters is 1. The third-order valence-corrected chi connectivity index (χ3v) is 3.56. The number of nitrogens with one attached hydrogen (secondary N) is 1. The van der Waals surface area contributed by atoms with Crippen LogP contribution in [0.15, 0.2) is 24.3 Å². The minimum atomic E-state index is -3.29. The fourth-order valence-electron chi connectivity index (χ4n) is 1.42. The minimum Gasteiger partial charge on any atom is -0.465 e. The smallest absolute Gasteiger partial charge is 0.323 e. The Bertz CT molecular complexity index is 494. The van der Waals surface area contributed by atoms with Gasteiger partial charge in [0.05, 0.1) is 6.61 Å². The molecule has 7 heteroatoms. The third-order valence-electron chi connectivity index (χ3n) is 2.14. The average Bonchev–Trinajstić information content (AvgIpc) is 2.27. The molecule has 0 saturated heterocycles. The molecule has 2 atom stereocenters. The summed E-state index contributed by atoms with van der Waals surface area (Å²) in [5, 5.41) is 2.55. The number of hydrogen-bond donors (Lipinski definition) is 1. The van der Waals surface area contributed by atoms with E-state index in [0.29, 0.717) is 0 Å². The highest BCUT2D eigenvalue weighted by molar-refractivity contribution is 7.56. The number of rotatable bonds is 6. The van der Waals surface area contributed by atoms with Gasteiger partial charge >= 0.3 is 13.5 Å². The zero-order valence-electron chi connectivity index (χ0n) is 11.1. The largest absolute Gasteiger partial charge is 0.465 e. The van der Waals surface area contributed by atoms with Gasteiger partial charge in [-0.25, -0.2) is 9.48 Å². The number of hydrogen-bond acceptors (Lipinski definition) is 4. The molecule has 106 valence electrons. The minimum absolute atomic E-state index is 0.134. The van der Waals surface area contributed by atoms with Crippen molar-refractivity contribution in [3.63, 3.8) is 0 Å². The van der Waals surface area contributed by atoms with Gasteiger partial charge < -0.3 is 9.26 Å². The highest BCUT2D eigenvalue weighted by atomic mass is 31.2. The first-order chi connectivity index (χ1) is 8.84. The zero-order chi connectivity index (χ0) is 14.5. The van der Waals surface area contributed by atoms with Gasteiger partial charge in [-0.15, -0.1) is 0 Å². The van der Waals surface area contributed by atoms with Crippen molar-refractivity contribution in [2.24, 2.45) is 0 Å². The van der Waals surface area contributed by atoms with Gasteiger partial charge in [-0.2, -0.15) is 0 Å². The van der Waals surface area contributed by atoms with Gasteiger partial charge in [-0.3, -0.25) is 9.36 Å². The van der Waals surface area contributed by atoms with Crippen LogP contribution in [0.2, 0.25) is 0 Å². The second kappa shape index (κ2) is 6.68. The number of benzene rings is 1. The van der Waals surface area contributed by atoms with E-state index in [1.54, 1.807) is 6.92 Å². The van der Waals surface area contributed by atoms with E-state index < -0.39 is 25.3 Å². The van der Waals surface area contributed by atoms with Crippen molar-refractivity contribution in [1.82, 2.24) is 5.09 Å². The molecule has 1 unspecified atom stereocenters. The van der Waals surface area contributed by atoms with Crippen molar-refractivity contribution in [3.05, 3.63) is 30.1 Å². The number of halogens is 1. The monoisotopic (exact) mass is 289 g/mol. The summed E-state index contributed by atoms with van der Waals surface area (Å²) in [5.41, 5.74) is 0. The molecule has 0 aliphatic rings. The Morgan fingerprint density at radius 2 is 2.21 bits per heavy atom. The van der Waals surface area contributed by atoms with Gasteiger partial charge in [-0.05, 0) is 26.0 Å². The standard InChI is InChI=1S/C12H17FNO4P/c1-4-17-12(15)9(2)14-19(3,16)18-11-7-5-6-10(13)8-11/h5-9H,4H2,1-3H3,(H,14,16)/t9-,19?/m0/s1. The molecule has 0 aromatic heterocycles. The molecule has 1 N–H and O–H groups in total. The topological polar surface area (TPSA) is 64.6 Å². The number of carbonyl (C=O) groups is 1. The Labute approximate surface area is 111 Å². The van der Waals surface area contributed by atoms with Gasteiger partial charge in [0.1, 0.15) is 17.6 Å². The van der Waals surface area contributed by atoms with Gasteiger partial charge in [-0.1, -0.05) is 6.07 Å². The lowest BCUT2D eigenvalue weighted by molar-refractivity contribution is -0.144. The summed E-state index contributed by atoms with van der Waals surface area (Å²) in [7, 11) is -3.29. The summed E-state index contributed by atoms with van der Waals surface area (Å²) in [6, 6.07) is 4.52. The quantitative estimate of drug-likeness (QED) is 0.644. The lowest BCUT2D eigenvalue weighted by Gasteiger charge is -2.20. The fourth-order valence-corrected chi connectivity index (χ4v) is 2.80. The second-order valence-corrected chi connectivity index (χ2v) is 6.13. The molecule has 0 saturated carbocycles. The number of carbonyl (C=O) groups excluding carboxylic acids is 1. The van der Waals surface area contributed by atoms with Crippen molar-refractivity contribution >= 4 is 13.5 Å². The van der Waals surface area contributed by atoms with Gasteiger partial charge in [0.25, 0.3) is 0 Å². The molecule has 19 heavy (non-hydrogen) atoms. The molecule has 0 radical (unpaired) electrons. The second-order valence-electron chi connectivity index (χ2n) is 4.00. The Balaban J connectivity index is 2.66. The Hall–Kier alpha value is -1.39. The maximum atomic E-state index is 13.0. The van der Waals surface area contributed by atoms with Gasteiger partial charge in [0, 0.05) is 12.7 Å². The summed E-state index contributed by atoms with van der Waals surface area (Å²) in [6.07, 6.45) is 0. The zero-order valence-corrected chi connectivity index (χ0v) is 11.9. The highest BCUT2D eigenvalue weighted by Crippen LogP contribution is 2.39. The molecule has 0 spiro atoms.